The van der Waals surface area contributed by atoms with Crippen LogP contribution in [0.1, 0.15) is 6.92 Å². The van der Waals surface area contributed by atoms with Crippen molar-refractivity contribution in [2.24, 2.45) is 0 Å². The predicted molar refractivity (Wildman–Crippen MR) is 42.4 cm³/mol. The first-order chi connectivity index (χ1) is 4.66. The second-order valence-corrected chi connectivity index (χ2v) is 3.09. The molecule has 0 aliphatic carbocycles. The third-order valence-corrected chi connectivity index (χ3v) is 1.48. The number of amides is 1. The SMILES string of the molecule is CCSC(=O)NCC(=O)Cl. The van der Waals surface area contributed by atoms with Crippen molar-refractivity contribution in [1.82, 2.24) is 5.32 Å². The minimum Gasteiger partial charge on any atom is -0.339 e. The van der Waals surface area contributed by atoms with Gasteiger partial charge in [0.25, 0.3) is 5.24 Å². The van der Waals surface area contributed by atoms with Crippen molar-refractivity contribution >= 4 is 33.8 Å². The lowest BCUT2D eigenvalue weighted by atomic mass is 10.7. The number of hydrogen-bond acceptors (Lipinski definition) is 3. The van der Waals surface area contributed by atoms with Gasteiger partial charge < -0.3 is 5.32 Å². The van der Waals surface area contributed by atoms with Gasteiger partial charge in [-0.25, -0.2) is 0 Å². The highest BCUT2D eigenvalue weighted by Crippen LogP contribution is 1.98. The highest BCUT2D eigenvalue weighted by Gasteiger charge is 2.00. The van der Waals surface area contributed by atoms with Crippen LogP contribution in [0.2, 0.25) is 0 Å². The lowest BCUT2D eigenvalue weighted by Gasteiger charge is -1.97. The molecule has 10 heavy (non-hydrogen) atoms. The fourth-order valence-electron chi connectivity index (χ4n) is 0.324. The number of rotatable bonds is 3. The molecule has 58 valence electrons. The summed E-state index contributed by atoms with van der Waals surface area (Å²) in [5.41, 5.74) is 0. The second-order valence-electron chi connectivity index (χ2n) is 1.43. The van der Waals surface area contributed by atoms with Crippen molar-refractivity contribution in [3.63, 3.8) is 0 Å². The Bertz CT molecular complexity index is 140. The molecule has 0 rings (SSSR count). The molecule has 0 unspecified atom stereocenters. The van der Waals surface area contributed by atoms with Gasteiger partial charge >= 0.3 is 0 Å². The van der Waals surface area contributed by atoms with Crippen LogP contribution in [-0.4, -0.2) is 22.8 Å². The molecule has 0 radical (unpaired) electrons. The topological polar surface area (TPSA) is 46.2 Å². The van der Waals surface area contributed by atoms with E-state index in [4.69, 9.17) is 11.6 Å². The summed E-state index contributed by atoms with van der Waals surface area (Å²) in [4.78, 5) is 20.7. The molecule has 0 aromatic rings. The van der Waals surface area contributed by atoms with Crippen LogP contribution >= 0.6 is 23.4 Å². The van der Waals surface area contributed by atoms with Gasteiger partial charge in [-0.15, -0.1) is 0 Å². The molecule has 1 amide bonds. The summed E-state index contributed by atoms with van der Waals surface area (Å²) in [6.45, 7) is 1.76. The van der Waals surface area contributed by atoms with Gasteiger partial charge in [0.15, 0.2) is 0 Å². The predicted octanol–water partition coefficient (Wildman–Crippen LogP) is 1.21. The minimum atomic E-state index is -0.551. The Morgan fingerprint density at radius 1 is 1.60 bits per heavy atom. The van der Waals surface area contributed by atoms with Crippen LogP contribution in [0.25, 0.3) is 0 Å². The first-order valence-corrected chi connectivity index (χ1v) is 4.12. The number of carbonyl (C=O) groups excluding carboxylic acids is 2. The fourth-order valence-corrected chi connectivity index (χ4v) is 0.827. The van der Waals surface area contributed by atoms with Gasteiger partial charge in [-0.05, 0) is 17.4 Å². The fraction of sp³-hybridized carbons (Fsp3) is 0.600. The van der Waals surface area contributed by atoms with E-state index in [0.717, 1.165) is 11.8 Å². The van der Waals surface area contributed by atoms with Gasteiger partial charge in [0.2, 0.25) is 5.24 Å². The summed E-state index contributed by atoms with van der Waals surface area (Å²) in [5.74, 6) is 0.697. The van der Waals surface area contributed by atoms with Crippen LogP contribution in [0, 0.1) is 0 Å². The van der Waals surface area contributed by atoms with Crippen molar-refractivity contribution in [3.05, 3.63) is 0 Å². The van der Waals surface area contributed by atoms with Crippen molar-refractivity contribution < 1.29 is 9.59 Å². The Morgan fingerprint density at radius 2 is 2.20 bits per heavy atom. The Hall–Kier alpha value is -0.220. The Balaban J connectivity index is 3.30. The highest BCUT2D eigenvalue weighted by molar-refractivity contribution is 8.13. The highest BCUT2D eigenvalue weighted by atomic mass is 35.5. The van der Waals surface area contributed by atoms with E-state index < -0.39 is 5.24 Å². The molecule has 0 heterocycles. The van der Waals surface area contributed by atoms with E-state index in [2.05, 4.69) is 5.32 Å². The molecular formula is C5H8ClNO2S. The van der Waals surface area contributed by atoms with Crippen molar-refractivity contribution in [2.45, 2.75) is 6.92 Å². The number of carbonyl (C=O) groups is 2. The summed E-state index contributed by atoms with van der Waals surface area (Å²) in [6, 6.07) is 0. The third-order valence-electron chi connectivity index (χ3n) is 0.647. The summed E-state index contributed by atoms with van der Waals surface area (Å²) >= 11 is 6.07. The van der Waals surface area contributed by atoms with E-state index in [1.54, 1.807) is 0 Å². The zero-order chi connectivity index (χ0) is 7.98. The monoisotopic (exact) mass is 181 g/mol. The Morgan fingerprint density at radius 3 is 2.60 bits per heavy atom. The molecule has 3 nitrogen and oxygen atoms in total. The normalized spacial score (nSPS) is 9.00. The van der Waals surface area contributed by atoms with Crippen LogP contribution in [0.3, 0.4) is 0 Å². The van der Waals surface area contributed by atoms with Gasteiger partial charge in [0.1, 0.15) is 0 Å². The maximum atomic E-state index is 10.6. The first-order valence-electron chi connectivity index (χ1n) is 2.75. The lowest BCUT2D eigenvalue weighted by Crippen LogP contribution is -2.23. The molecule has 0 saturated carbocycles. The van der Waals surface area contributed by atoms with Crippen molar-refractivity contribution in [2.75, 3.05) is 12.3 Å². The zero-order valence-corrected chi connectivity index (χ0v) is 7.09. The van der Waals surface area contributed by atoms with Gasteiger partial charge in [0.05, 0.1) is 6.54 Å². The van der Waals surface area contributed by atoms with E-state index in [9.17, 15) is 9.59 Å². The maximum absolute atomic E-state index is 10.6. The van der Waals surface area contributed by atoms with E-state index in [1.807, 2.05) is 6.92 Å². The quantitative estimate of drug-likeness (QED) is 0.666. The lowest BCUT2D eigenvalue weighted by molar-refractivity contribution is -0.110. The molecule has 0 spiro atoms. The largest absolute Gasteiger partial charge is 0.339 e. The molecule has 0 aromatic heterocycles. The van der Waals surface area contributed by atoms with E-state index >= 15 is 0 Å². The first kappa shape index (κ1) is 9.78. The molecule has 0 bridgehead atoms. The van der Waals surface area contributed by atoms with Gasteiger partial charge in [-0.3, -0.25) is 9.59 Å². The molecule has 1 N–H and O–H groups in total. The third kappa shape index (κ3) is 5.91. The molecule has 0 fully saturated rings. The number of halogens is 1. The minimum absolute atomic E-state index is 0.0899. The standard InChI is InChI=1S/C5H8ClNO2S/c1-2-10-5(9)7-3-4(6)8/h2-3H2,1H3,(H,7,9). The second kappa shape index (κ2) is 5.56. The van der Waals surface area contributed by atoms with E-state index in [1.165, 1.54) is 0 Å². The Labute approximate surface area is 68.5 Å². The summed E-state index contributed by atoms with van der Waals surface area (Å²) in [5, 5.41) is 1.56. The summed E-state index contributed by atoms with van der Waals surface area (Å²) in [7, 11) is 0. The summed E-state index contributed by atoms with van der Waals surface area (Å²) in [6.07, 6.45) is 0. The average Bonchev–Trinajstić information content (AvgIpc) is 1.85. The molecule has 0 saturated heterocycles. The zero-order valence-electron chi connectivity index (χ0n) is 5.52. The van der Waals surface area contributed by atoms with Crippen LogP contribution in [0.4, 0.5) is 4.79 Å². The van der Waals surface area contributed by atoms with Gasteiger partial charge in [-0.2, -0.15) is 0 Å². The number of thioether (sulfide) groups is 1. The number of nitrogens with one attached hydrogen (secondary N) is 1. The number of hydrogen-bond donors (Lipinski definition) is 1. The van der Waals surface area contributed by atoms with E-state index in [0.29, 0.717) is 5.75 Å². The average molecular weight is 182 g/mol. The molecule has 5 heteroatoms. The van der Waals surface area contributed by atoms with Gasteiger partial charge in [0, 0.05) is 0 Å². The van der Waals surface area contributed by atoms with Crippen LogP contribution < -0.4 is 5.32 Å². The molecule has 0 aliphatic heterocycles. The smallest absolute Gasteiger partial charge is 0.279 e. The van der Waals surface area contributed by atoms with Crippen LogP contribution in [0.5, 0.6) is 0 Å². The molecule has 0 aromatic carbocycles. The molecular weight excluding hydrogens is 174 g/mol. The van der Waals surface area contributed by atoms with Crippen LogP contribution in [0.15, 0.2) is 0 Å². The molecule has 0 aliphatic rings. The van der Waals surface area contributed by atoms with Crippen LogP contribution in [-0.2, 0) is 4.79 Å². The maximum Gasteiger partial charge on any atom is 0.279 e. The summed E-state index contributed by atoms with van der Waals surface area (Å²) < 4.78 is 0. The van der Waals surface area contributed by atoms with Crippen molar-refractivity contribution in [1.29, 1.82) is 0 Å². The van der Waals surface area contributed by atoms with E-state index in [-0.39, 0.29) is 11.8 Å². The molecule has 0 atom stereocenters. The van der Waals surface area contributed by atoms with Crippen molar-refractivity contribution in [3.8, 4) is 0 Å². The van der Waals surface area contributed by atoms with Gasteiger partial charge in [-0.1, -0.05) is 18.7 Å². The Kier molecular flexibility index (Phi) is 5.43.